The number of hydrogen-bond donors (Lipinski definition) is 2. The van der Waals surface area contributed by atoms with E-state index >= 15 is 0 Å². The summed E-state index contributed by atoms with van der Waals surface area (Å²) in [5, 5.41) is 5.59. The van der Waals surface area contributed by atoms with Gasteiger partial charge in [0.15, 0.2) is 0 Å². The molecule has 0 saturated carbocycles. The summed E-state index contributed by atoms with van der Waals surface area (Å²) in [7, 11) is 3.12. The molecular formula is C28H29N3O5. The standard InChI is InChI=1S/C28H29N3O5/c1-18(23-15-20(35-2)13-14-24(23)36-3)30-25(32)16-29-27(33)26-21-11-7-8-12-22(21)28(34)31(26)17-19-9-5-4-6-10-19/h4-15,18,26H,16-17H2,1-3H3,(H,29,33)(H,30,32)/t18-,26-/m1/s1. The van der Waals surface area contributed by atoms with Gasteiger partial charge in [-0.25, -0.2) is 0 Å². The number of carbonyl (C=O) groups is 3. The van der Waals surface area contributed by atoms with Crippen molar-refractivity contribution in [2.75, 3.05) is 20.8 Å². The maximum atomic E-state index is 13.3. The van der Waals surface area contributed by atoms with Gasteiger partial charge in [0.25, 0.3) is 5.91 Å². The zero-order chi connectivity index (χ0) is 25.7. The second-order valence-corrected chi connectivity index (χ2v) is 8.52. The van der Waals surface area contributed by atoms with E-state index in [1.807, 2.05) is 37.3 Å². The molecule has 3 aromatic rings. The molecule has 0 aliphatic carbocycles. The molecule has 36 heavy (non-hydrogen) atoms. The minimum atomic E-state index is -0.822. The molecule has 2 N–H and O–H groups in total. The maximum absolute atomic E-state index is 13.3. The number of fused-ring (bicyclic) bond motifs is 1. The molecule has 1 aliphatic rings. The lowest BCUT2D eigenvalue weighted by molar-refractivity contribution is -0.129. The topological polar surface area (TPSA) is 97.0 Å². The predicted molar refractivity (Wildman–Crippen MR) is 135 cm³/mol. The highest BCUT2D eigenvalue weighted by Crippen LogP contribution is 2.35. The number of carbonyl (C=O) groups excluding carboxylic acids is 3. The summed E-state index contributed by atoms with van der Waals surface area (Å²) in [5.41, 5.74) is 2.79. The zero-order valence-corrected chi connectivity index (χ0v) is 20.5. The van der Waals surface area contributed by atoms with Crippen molar-refractivity contribution in [1.29, 1.82) is 0 Å². The van der Waals surface area contributed by atoms with Crippen molar-refractivity contribution in [1.82, 2.24) is 15.5 Å². The molecule has 4 rings (SSSR count). The van der Waals surface area contributed by atoms with Gasteiger partial charge in [0.2, 0.25) is 11.8 Å². The first-order chi connectivity index (χ1) is 17.4. The molecule has 186 valence electrons. The third-order valence-corrected chi connectivity index (χ3v) is 6.21. The Bertz CT molecular complexity index is 1260. The van der Waals surface area contributed by atoms with Gasteiger partial charge in [0.1, 0.15) is 17.5 Å². The van der Waals surface area contributed by atoms with Crippen molar-refractivity contribution in [3.8, 4) is 11.5 Å². The largest absolute Gasteiger partial charge is 0.497 e. The molecule has 2 atom stereocenters. The van der Waals surface area contributed by atoms with Crippen molar-refractivity contribution in [2.24, 2.45) is 0 Å². The lowest BCUT2D eigenvalue weighted by atomic mass is 10.0. The molecule has 8 heteroatoms. The Hall–Kier alpha value is -4.33. The monoisotopic (exact) mass is 487 g/mol. The number of rotatable bonds is 9. The molecular weight excluding hydrogens is 458 g/mol. The van der Waals surface area contributed by atoms with Crippen LogP contribution in [0.25, 0.3) is 0 Å². The third kappa shape index (κ3) is 5.17. The van der Waals surface area contributed by atoms with E-state index in [0.717, 1.165) is 11.1 Å². The first-order valence-corrected chi connectivity index (χ1v) is 11.7. The van der Waals surface area contributed by atoms with Gasteiger partial charge in [-0.15, -0.1) is 0 Å². The van der Waals surface area contributed by atoms with E-state index in [9.17, 15) is 14.4 Å². The first kappa shape index (κ1) is 24.8. The minimum absolute atomic E-state index is 0.210. The van der Waals surface area contributed by atoms with Crippen LogP contribution in [0.1, 0.15) is 46.1 Å². The van der Waals surface area contributed by atoms with E-state index in [2.05, 4.69) is 10.6 Å². The van der Waals surface area contributed by atoms with E-state index in [4.69, 9.17) is 9.47 Å². The summed E-state index contributed by atoms with van der Waals surface area (Å²) in [6.45, 7) is 1.87. The van der Waals surface area contributed by atoms with Crippen LogP contribution in [-0.4, -0.2) is 43.4 Å². The van der Waals surface area contributed by atoms with Crippen LogP contribution in [0.15, 0.2) is 72.8 Å². The minimum Gasteiger partial charge on any atom is -0.497 e. The first-order valence-electron chi connectivity index (χ1n) is 11.7. The van der Waals surface area contributed by atoms with Crippen LogP contribution >= 0.6 is 0 Å². The molecule has 0 radical (unpaired) electrons. The van der Waals surface area contributed by atoms with E-state index in [1.54, 1.807) is 56.7 Å². The molecule has 8 nitrogen and oxygen atoms in total. The van der Waals surface area contributed by atoms with Gasteiger partial charge in [-0.2, -0.15) is 0 Å². The number of methoxy groups -OCH3 is 2. The number of ether oxygens (including phenoxy) is 2. The fourth-order valence-electron chi connectivity index (χ4n) is 4.41. The van der Waals surface area contributed by atoms with Crippen LogP contribution in [0.3, 0.4) is 0 Å². The summed E-state index contributed by atoms with van der Waals surface area (Å²) in [4.78, 5) is 40.6. The second-order valence-electron chi connectivity index (χ2n) is 8.52. The summed E-state index contributed by atoms with van der Waals surface area (Å²) in [6.07, 6.45) is 0. The van der Waals surface area contributed by atoms with Crippen LogP contribution in [0.5, 0.6) is 11.5 Å². The highest BCUT2D eigenvalue weighted by molar-refractivity contribution is 6.05. The quantitative estimate of drug-likeness (QED) is 0.482. The fourth-order valence-corrected chi connectivity index (χ4v) is 4.41. The van der Waals surface area contributed by atoms with Gasteiger partial charge in [-0.1, -0.05) is 48.5 Å². The summed E-state index contributed by atoms with van der Waals surface area (Å²) >= 11 is 0. The molecule has 0 spiro atoms. The second kappa shape index (κ2) is 10.9. The SMILES string of the molecule is COc1ccc(OC)c([C@@H](C)NC(=O)CNC(=O)[C@H]2c3ccccc3C(=O)N2Cc2ccccc2)c1. The number of nitrogens with zero attached hydrogens (tertiary/aromatic N) is 1. The highest BCUT2D eigenvalue weighted by Gasteiger charge is 2.40. The van der Waals surface area contributed by atoms with Gasteiger partial charge < -0.3 is 25.0 Å². The molecule has 3 amide bonds. The maximum Gasteiger partial charge on any atom is 0.255 e. The summed E-state index contributed by atoms with van der Waals surface area (Å²) in [6, 6.07) is 20.7. The predicted octanol–water partition coefficient (Wildman–Crippen LogP) is 3.39. The van der Waals surface area contributed by atoms with Crippen molar-refractivity contribution >= 4 is 17.7 Å². The Balaban J connectivity index is 1.45. The van der Waals surface area contributed by atoms with Crippen LogP contribution in [0.2, 0.25) is 0 Å². The molecule has 0 fully saturated rings. The lowest BCUT2D eigenvalue weighted by Crippen LogP contribution is -2.43. The van der Waals surface area contributed by atoms with Gasteiger partial charge >= 0.3 is 0 Å². The summed E-state index contributed by atoms with van der Waals surface area (Å²) < 4.78 is 10.7. The molecule has 0 bridgehead atoms. The van der Waals surface area contributed by atoms with Gasteiger partial charge in [0.05, 0.1) is 26.8 Å². The molecule has 0 aromatic heterocycles. The fraction of sp³-hybridized carbons (Fsp3) is 0.250. The van der Waals surface area contributed by atoms with Gasteiger partial charge in [-0.3, -0.25) is 14.4 Å². The Labute approximate surface area is 210 Å². The van der Waals surface area contributed by atoms with Crippen molar-refractivity contribution in [3.05, 3.63) is 95.1 Å². The Morgan fingerprint density at radius 3 is 2.42 bits per heavy atom. The van der Waals surface area contributed by atoms with E-state index in [-0.39, 0.29) is 30.9 Å². The van der Waals surface area contributed by atoms with Crippen molar-refractivity contribution in [2.45, 2.75) is 25.6 Å². The van der Waals surface area contributed by atoms with Crippen molar-refractivity contribution in [3.63, 3.8) is 0 Å². The van der Waals surface area contributed by atoms with Gasteiger partial charge in [0, 0.05) is 17.7 Å². The van der Waals surface area contributed by atoms with Crippen LogP contribution in [-0.2, 0) is 16.1 Å². The summed E-state index contributed by atoms with van der Waals surface area (Å²) in [5.74, 6) is 0.269. The molecule has 0 unspecified atom stereocenters. The van der Waals surface area contributed by atoms with Crippen LogP contribution < -0.4 is 20.1 Å². The van der Waals surface area contributed by atoms with Crippen LogP contribution in [0.4, 0.5) is 0 Å². The van der Waals surface area contributed by atoms with E-state index < -0.39 is 11.9 Å². The Kier molecular flexibility index (Phi) is 7.53. The van der Waals surface area contributed by atoms with Crippen molar-refractivity contribution < 1.29 is 23.9 Å². The Morgan fingerprint density at radius 1 is 0.972 bits per heavy atom. The smallest absolute Gasteiger partial charge is 0.255 e. The molecule has 1 heterocycles. The number of amides is 3. The lowest BCUT2D eigenvalue weighted by Gasteiger charge is -2.25. The number of benzene rings is 3. The van der Waals surface area contributed by atoms with E-state index in [0.29, 0.717) is 22.6 Å². The Morgan fingerprint density at radius 2 is 1.69 bits per heavy atom. The average Bonchev–Trinajstić information content (AvgIpc) is 3.18. The van der Waals surface area contributed by atoms with Crippen LogP contribution in [0, 0.1) is 0 Å². The molecule has 0 saturated heterocycles. The number of hydrogen-bond acceptors (Lipinski definition) is 5. The number of nitrogens with one attached hydrogen (secondary N) is 2. The highest BCUT2D eigenvalue weighted by atomic mass is 16.5. The molecule has 1 aliphatic heterocycles. The third-order valence-electron chi connectivity index (χ3n) is 6.21. The normalized spacial score (nSPS) is 15.1. The average molecular weight is 488 g/mol. The van der Waals surface area contributed by atoms with E-state index in [1.165, 1.54) is 4.90 Å². The van der Waals surface area contributed by atoms with Gasteiger partial charge in [-0.05, 0) is 42.3 Å². The zero-order valence-electron chi connectivity index (χ0n) is 20.5. The molecule has 3 aromatic carbocycles.